The van der Waals surface area contributed by atoms with E-state index in [4.69, 9.17) is 23.2 Å². The molecule has 2 rings (SSSR count). The van der Waals surface area contributed by atoms with E-state index in [2.05, 4.69) is 9.69 Å². The summed E-state index contributed by atoms with van der Waals surface area (Å²) in [5.41, 5.74) is 0.860. The molecular formula is C11H8Cl2N2OS. The Balaban J connectivity index is 2.21. The van der Waals surface area contributed by atoms with Gasteiger partial charge in [0.25, 0.3) is 5.91 Å². The van der Waals surface area contributed by atoms with Gasteiger partial charge in [0.05, 0.1) is 10.7 Å². The van der Waals surface area contributed by atoms with Gasteiger partial charge in [0.1, 0.15) is 5.69 Å². The topological polar surface area (TPSA) is 42.0 Å². The van der Waals surface area contributed by atoms with E-state index in [1.54, 1.807) is 24.3 Å². The van der Waals surface area contributed by atoms with Gasteiger partial charge in [0, 0.05) is 9.90 Å². The molecule has 0 saturated carbocycles. The molecule has 1 N–H and O–H groups in total. The van der Waals surface area contributed by atoms with E-state index >= 15 is 0 Å². The average Bonchev–Trinajstić information content (AvgIpc) is 2.70. The van der Waals surface area contributed by atoms with Crippen molar-refractivity contribution in [3.8, 4) is 0 Å². The number of aryl methyl sites for hydroxylation is 1. The van der Waals surface area contributed by atoms with Crippen LogP contribution in [0.3, 0.4) is 0 Å². The SMILES string of the molecule is Cc1cc(C(=O)Nc2cc(Cl)ccc2Cl)ns1. The van der Waals surface area contributed by atoms with E-state index in [0.717, 1.165) is 4.88 Å². The van der Waals surface area contributed by atoms with Crippen LogP contribution in [0.4, 0.5) is 5.69 Å². The van der Waals surface area contributed by atoms with Gasteiger partial charge in [0.2, 0.25) is 0 Å². The molecule has 0 aliphatic carbocycles. The fourth-order valence-corrected chi connectivity index (χ4v) is 2.13. The Morgan fingerprint density at radius 2 is 2.12 bits per heavy atom. The molecule has 0 atom stereocenters. The Bertz CT molecular complexity index is 568. The van der Waals surface area contributed by atoms with E-state index in [0.29, 0.717) is 21.4 Å². The second kappa shape index (κ2) is 5.04. The number of rotatable bonds is 2. The molecular weight excluding hydrogens is 279 g/mol. The van der Waals surface area contributed by atoms with Gasteiger partial charge in [-0.05, 0) is 42.7 Å². The standard InChI is InChI=1S/C11H8Cl2N2OS/c1-6-4-10(15-17-6)11(16)14-9-5-7(12)2-3-8(9)13/h2-5H,1H3,(H,14,16). The number of nitrogens with zero attached hydrogens (tertiary/aromatic N) is 1. The zero-order chi connectivity index (χ0) is 12.4. The molecule has 0 aliphatic rings. The zero-order valence-corrected chi connectivity index (χ0v) is 11.2. The van der Waals surface area contributed by atoms with Crippen LogP contribution in [0.5, 0.6) is 0 Å². The summed E-state index contributed by atoms with van der Waals surface area (Å²) >= 11 is 13.0. The predicted molar refractivity (Wildman–Crippen MR) is 71.3 cm³/mol. The summed E-state index contributed by atoms with van der Waals surface area (Å²) in [6.07, 6.45) is 0. The number of aromatic nitrogens is 1. The molecule has 0 unspecified atom stereocenters. The van der Waals surface area contributed by atoms with Crippen molar-refractivity contribution in [2.75, 3.05) is 5.32 Å². The van der Waals surface area contributed by atoms with Gasteiger partial charge in [-0.15, -0.1) is 0 Å². The maximum absolute atomic E-state index is 11.8. The first-order valence-electron chi connectivity index (χ1n) is 4.76. The molecule has 0 fully saturated rings. The number of carbonyl (C=O) groups excluding carboxylic acids is 1. The number of hydrogen-bond donors (Lipinski definition) is 1. The van der Waals surface area contributed by atoms with Crippen molar-refractivity contribution in [2.24, 2.45) is 0 Å². The lowest BCUT2D eigenvalue weighted by Crippen LogP contribution is -2.12. The molecule has 6 heteroatoms. The summed E-state index contributed by atoms with van der Waals surface area (Å²) in [6.45, 7) is 1.89. The van der Waals surface area contributed by atoms with E-state index in [1.165, 1.54) is 11.5 Å². The van der Waals surface area contributed by atoms with E-state index in [-0.39, 0.29) is 5.91 Å². The fourth-order valence-electron chi connectivity index (χ4n) is 1.25. The lowest BCUT2D eigenvalue weighted by molar-refractivity contribution is 0.102. The van der Waals surface area contributed by atoms with Gasteiger partial charge in [0.15, 0.2) is 0 Å². The van der Waals surface area contributed by atoms with Crippen LogP contribution in [0.15, 0.2) is 24.3 Å². The van der Waals surface area contributed by atoms with Crippen molar-refractivity contribution in [3.63, 3.8) is 0 Å². The van der Waals surface area contributed by atoms with Crippen LogP contribution >= 0.6 is 34.7 Å². The van der Waals surface area contributed by atoms with E-state index in [1.807, 2.05) is 6.92 Å². The van der Waals surface area contributed by atoms with Crippen LogP contribution in [0.2, 0.25) is 10.0 Å². The highest BCUT2D eigenvalue weighted by Gasteiger charge is 2.11. The number of nitrogens with one attached hydrogen (secondary N) is 1. The molecule has 2 aromatic rings. The molecule has 0 aliphatic heterocycles. The van der Waals surface area contributed by atoms with Gasteiger partial charge in [-0.2, -0.15) is 4.37 Å². The largest absolute Gasteiger partial charge is 0.319 e. The monoisotopic (exact) mass is 286 g/mol. The lowest BCUT2D eigenvalue weighted by Gasteiger charge is -2.05. The third-order valence-electron chi connectivity index (χ3n) is 2.04. The first kappa shape index (κ1) is 12.4. The lowest BCUT2D eigenvalue weighted by atomic mass is 10.3. The molecule has 1 heterocycles. The van der Waals surface area contributed by atoms with E-state index < -0.39 is 0 Å². The number of carbonyl (C=O) groups is 1. The molecule has 0 spiro atoms. The van der Waals surface area contributed by atoms with Gasteiger partial charge in [-0.1, -0.05) is 23.2 Å². The number of anilines is 1. The Kier molecular flexibility index (Phi) is 3.66. The second-order valence-electron chi connectivity index (χ2n) is 3.40. The highest BCUT2D eigenvalue weighted by Crippen LogP contribution is 2.25. The van der Waals surface area contributed by atoms with Crippen molar-refractivity contribution in [3.05, 3.63) is 44.9 Å². The fraction of sp³-hybridized carbons (Fsp3) is 0.0909. The molecule has 1 aromatic heterocycles. The minimum atomic E-state index is -0.293. The summed E-state index contributed by atoms with van der Waals surface area (Å²) in [6, 6.07) is 6.61. The Morgan fingerprint density at radius 3 is 2.76 bits per heavy atom. The van der Waals surface area contributed by atoms with Gasteiger partial charge in [-0.3, -0.25) is 4.79 Å². The van der Waals surface area contributed by atoms with Gasteiger partial charge >= 0.3 is 0 Å². The molecule has 17 heavy (non-hydrogen) atoms. The molecule has 1 amide bonds. The predicted octanol–water partition coefficient (Wildman–Crippen LogP) is 4.01. The molecule has 0 bridgehead atoms. The summed E-state index contributed by atoms with van der Waals surface area (Å²) < 4.78 is 4.02. The number of amides is 1. The van der Waals surface area contributed by atoms with Crippen LogP contribution in [0.25, 0.3) is 0 Å². The second-order valence-corrected chi connectivity index (χ2v) is 5.25. The zero-order valence-electron chi connectivity index (χ0n) is 8.83. The van der Waals surface area contributed by atoms with Crippen LogP contribution in [-0.2, 0) is 0 Å². The van der Waals surface area contributed by atoms with Crippen LogP contribution in [0, 0.1) is 6.92 Å². The molecule has 1 aromatic carbocycles. The van der Waals surface area contributed by atoms with Crippen molar-refractivity contribution in [1.29, 1.82) is 0 Å². The Morgan fingerprint density at radius 1 is 1.35 bits per heavy atom. The van der Waals surface area contributed by atoms with Crippen molar-refractivity contribution in [2.45, 2.75) is 6.92 Å². The minimum Gasteiger partial charge on any atom is -0.319 e. The minimum absolute atomic E-state index is 0.293. The Hall–Kier alpha value is -1.10. The first-order valence-corrected chi connectivity index (χ1v) is 6.29. The molecule has 3 nitrogen and oxygen atoms in total. The Labute approximate surface area is 113 Å². The molecule has 0 saturated heterocycles. The number of halogens is 2. The number of benzene rings is 1. The highest BCUT2D eigenvalue weighted by atomic mass is 35.5. The third-order valence-corrected chi connectivity index (χ3v) is 3.30. The van der Waals surface area contributed by atoms with Crippen molar-refractivity contribution >= 4 is 46.3 Å². The summed E-state index contributed by atoms with van der Waals surface area (Å²) in [4.78, 5) is 12.8. The van der Waals surface area contributed by atoms with Crippen LogP contribution < -0.4 is 5.32 Å². The summed E-state index contributed by atoms with van der Waals surface area (Å²) in [7, 11) is 0. The first-order chi connectivity index (χ1) is 8.06. The van der Waals surface area contributed by atoms with Gasteiger partial charge in [-0.25, -0.2) is 0 Å². The van der Waals surface area contributed by atoms with Crippen LogP contribution in [0.1, 0.15) is 15.4 Å². The smallest absolute Gasteiger partial charge is 0.275 e. The maximum Gasteiger partial charge on any atom is 0.275 e. The average molecular weight is 287 g/mol. The molecule has 88 valence electrons. The van der Waals surface area contributed by atoms with Crippen LogP contribution in [-0.4, -0.2) is 10.3 Å². The van der Waals surface area contributed by atoms with Gasteiger partial charge < -0.3 is 5.32 Å². The quantitative estimate of drug-likeness (QED) is 0.906. The maximum atomic E-state index is 11.8. The summed E-state index contributed by atoms with van der Waals surface area (Å²) in [5, 5.41) is 3.62. The molecule has 0 radical (unpaired) electrons. The van der Waals surface area contributed by atoms with Crippen molar-refractivity contribution in [1.82, 2.24) is 4.37 Å². The van der Waals surface area contributed by atoms with E-state index in [9.17, 15) is 4.79 Å². The normalized spacial score (nSPS) is 10.3. The van der Waals surface area contributed by atoms with Crippen molar-refractivity contribution < 1.29 is 4.79 Å². The number of hydrogen-bond acceptors (Lipinski definition) is 3. The highest BCUT2D eigenvalue weighted by molar-refractivity contribution is 7.05. The summed E-state index contributed by atoms with van der Waals surface area (Å²) in [5.74, 6) is -0.293. The third kappa shape index (κ3) is 2.97.